The summed E-state index contributed by atoms with van der Waals surface area (Å²) in [5.74, 6) is 0.0597. The van der Waals surface area contributed by atoms with Crippen LogP contribution < -0.4 is 4.74 Å². The number of ether oxygens (including phenoxy) is 3. The number of nitrogens with zero attached hydrogens (tertiary/aromatic N) is 2. The first-order valence-electron chi connectivity index (χ1n) is 6.21. The van der Waals surface area contributed by atoms with E-state index >= 15 is 0 Å². The van der Waals surface area contributed by atoms with Crippen LogP contribution in [0, 0.1) is 0 Å². The largest absolute Gasteiger partial charge is 0.503 e. The fourth-order valence-corrected chi connectivity index (χ4v) is 1.85. The highest BCUT2D eigenvalue weighted by atomic mass is 35.5. The standard InChI is InChI=1S/C15H13ClN2O4/c1-20-9-11(15(19)21-2)10-5-3-4-6-12(10)22-14-8-17-7-13(16)18-14/h3-9H,1-2H3/b11-9+. The van der Waals surface area contributed by atoms with Gasteiger partial charge in [-0.25, -0.2) is 4.79 Å². The Kier molecular flexibility index (Phi) is 5.32. The molecule has 0 amide bonds. The number of benzene rings is 1. The van der Waals surface area contributed by atoms with Crippen LogP contribution in [0.2, 0.25) is 5.15 Å². The van der Waals surface area contributed by atoms with Gasteiger partial charge in [0.05, 0.1) is 32.9 Å². The average molecular weight is 321 g/mol. The summed E-state index contributed by atoms with van der Waals surface area (Å²) in [5, 5.41) is 0.204. The molecule has 0 atom stereocenters. The number of carbonyl (C=O) groups is 1. The number of aromatic nitrogens is 2. The molecule has 1 aromatic heterocycles. The minimum Gasteiger partial charge on any atom is -0.503 e. The van der Waals surface area contributed by atoms with E-state index in [1.807, 2.05) is 0 Å². The fraction of sp³-hybridized carbons (Fsp3) is 0.133. The van der Waals surface area contributed by atoms with E-state index in [9.17, 15) is 4.79 Å². The number of rotatable bonds is 5. The van der Waals surface area contributed by atoms with Crippen LogP contribution in [0.4, 0.5) is 0 Å². The number of methoxy groups -OCH3 is 2. The van der Waals surface area contributed by atoms with Crippen LogP contribution in [0.25, 0.3) is 5.57 Å². The molecule has 0 spiro atoms. The molecular formula is C15H13ClN2O4. The number of hydrogen-bond donors (Lipinski definition) is 0. The van der Waals surface area contributed by atoms with Gasteiger partial charge in [0.15, 0.2) is 5.15 Å². The Morgan fingerprint density at radius 2 is 2.00 bits per heavy atom. The summed E-state index contributed by atoms with van der Waals surface area (Å²) in [5.41, 5.74) is 0.716. The second-order valence-electron chi connectivity index (χ2n) is 4.04. The van der Waals surface area contributed by atoms with Crippen molar-refractivity contribution in [3.05, 3.63) is 53.6 Å². The lowest BCUT2D eigenvalue weighted by Gasteiger charge is -2.11. The summed E-state index contributed by atoms with van der Waals surface area (Å²) in [6.07, 6.45) is 4.10. The van der Waals surface area contributed by atoms with Gasteiger partial charge in [0.2, 0.25) is 5.88 Å². The number of halogens is 1. The normalized spacial score (nSPS) is 11.0. The second kappa shape index (κ2) is 7.42. The molecule has 1 aromatic carbocycles. The van der Waals surface area contributed by atoms with Gasteiger partial charge in [-0.15, -0.1) is 0 Å². The Balaban J connectivity index is 2.41. The third kappa shape index (κ3) is 3.73. The maximum atomic E-state index is 11.9. The molecule has 0 aliphatic heterocycles. The average Bonchev–Trinajstić information content (AvgIpc) is 2.53. The summed E-state index contributed by atoms with van der Waals surface area (Å²) in [6, 6.07) is 6.91. The molecule has 0 radical (unpaired) electrons. The van der Waals surface area contributed by atoms with E-state index in [-0.39, 0.29) is 16.6 Å². The van der Waals surface area contributed by atoms with E-state index in [0.29, 0.717) is 11.3 Å². The van der Waals surface area contributed by atoms with Crippen LogP contribution in [0.3, 0.4) is 0 Å². The quantitative estimate of drug-likeness (QED) is 0.479. The van der Waals surface area contributed by atoms with Crippen LogP contribution >= 0.6 is 11.6 Å². The summed E-state index contributed by atoms with van der Waals surface area (Å²) < 4.78 is 15.3. The van der Waals surface area contributed by atoms with Gasteiger partial charge < -0.3 is 14.2 Å². The van der Waals surface area contributed by atoms with Crippen molar-refractivity contribution in [1.29, 1.82) is 0 Å². The van der Waals surface area contributed by atoms with Crippen molar-refractivity contribution in [2.75, 3.05) is 14.2 Å². The molecule has 0 aliphatic rings. The van der Waals surface area contributed by atoms with Crippen molar-refractivity contribution in [2.45, 2.75) is 0 Å². The van der Waals surface area contributed by atoms with Gasteiger partial charge in [-0.05, 0) is 6.07 Å². The summed E-state index contributed by atoms with van der Waals surface area (Å²) >= 11 is 5.78. The first-order chi connectivity index (χ1) is 10.7. The Bertz CT molecular complexity index is 703. The van der Waals surface area contributed by atoms with Gasteiger partial charge in [-0.3, -0.25) is 4.98 Å². The molecule has 7 heteroatoms. The van der Waals surface area contributed by atoms with Crippen molar-refractivity contribution >= 4 is 23.1 Å². The Morgan fingerprint density at radius 3 is 2.68 bits per heavy atom. The summed E-state index contributed by atoms with van der Waals surface area (Å²) in [4.78, 5) is 19.8. The lowest BCUT2D eigenvalue weighted by molar-refractivity contribution is -0.133. The molecule has 1 heterocycles. The predicted octanol–water partition coefficient (Wildman–Crippen LogP) is 3.08. The van der Waals surface area contributed by atoms with Gasteiger partial charge >= 0.3 is 5.97 Å². The molecule has 0 aliphatic carbocycles. The van der Waals surface area contributed by atoms with Crippen molar-refractivity contribution < 1.29 is 19.0 Å². The molecule has 22 heavy (non-hydrogen) atoms. The molecule has 0 bridgehead atoms. The number of para-hydroxylation sites is 1. The number of hydrogen-bond acceptors (Lipinski definition) is 6. The first-order valence-corrected chi connectivity index (χ1v) is 6.59. The van der Waals surface area contributed by atoms with Crippen molar-refractivity contribution in [2.24, 2.45) is 0 Å². The zero-order chi connectivity index (χ0) is 15.9. The number of esters is 1. The highest BCUT2D eigenvalue weighted by Crippen LogP contribution is 2.30. The zero-order valence-corrected chi connectivity index (χ0v) is 12.7. The highest BCUT2D eigenvalue weighted by molar-refractivity contribution is 6.29. The minimum atomic E-state index is -0.546. The summed E-state index contributed by atoms with van der Waals surface area (Å²) in [7, 11) is 2.73. The molecule has 2 rings (SSSR count). The Labute approximate surface area is 132 Å². The van der Waals surface area contributed by atoms with Gasteiger partial charge in [0, 0.05) is 5.56 Å². The van der Waals surface area contributed by atoms with Crippen LogP contribution in [0.15, 0.2) is 42.9 Å². The van der Waals surface area contributed by atoms with E-state index < -0.39 is 5.97 Å². The van der Waals surface area contributed by atoms with Crippen molar-refractivity contribution in [3.8, 4) is 11.6 Å². The second-order valence-corrected chi connectivity index (χ2v) is 4.42. The van der Waals surface area contributed by atoms with E-state index in [0.717, 1.165) is 0 Å². The van der Waals surface area contributed by atoms with Crippen LogP contribution in [0.5, 0.6) is 11.6 Å². The molecule has 0 saturated heterocycles. The molecule has 114 valence electrons. The summed E-state index contributed by atoms with van der Waals surface area (Å²) in [6.45, 7) is 0. The molecule has 0 saturated carbocycles. The highest BCUT2D eigenvalue weighted by Gasteiger charge is 2.18. The minimum absolute atomic E-state index is 0.204. The first kappa shape index (κ1) is 15.8. The van der Waals surface area contributed by atoms with Crippen molar-refractivity contribution in [1.82, 2.24) is 9.97 Å². The Hall–Kier alpha value is -2.60. The molecule has 6 nitrogen and oxygen atoms in total. The molecule has 0 N–H and O–H groups in total. The third-order valence-corrected chi connectivity index (χ3v) is 2.80. The van der Waals surface area contributed by atoms with Crippen molar-refractivity contribution in [3.63, 3.8) is 0 Å². The van der Waals surface area contributed by atoms with Gasteiger partial charge in [0.25, 0.3) is 0 Å². The lowest BCUT2D eigenvalue weighted by Crippen LogP contribution is -2.06. The monoisotopic (exact) mass is 320 g/mol. The van der Waals surface area contributed by atoms with Gasteiger partial charge in [0.1, 0.15) is 11.3 Å². The lowest BCUT2D eigenvalue weighted by atomic mass is 10.1. The smallest absolute Gasteiger partial charge is 0.341 e. The zero-order valence-electron chi connectivity index (χ0n) is 11.9. The van der Waals surface area contributed by atoms with Crippen LogP contribution in [-0.2, 0) is 14.3 Å². The SMILES string of the molecule is CO/C=C(/C(=O)OC)c1ccccc1Oc1cncc(Cl)n1. The fourth-order valence-electron chi connectivity index (χ4n) is 1.71. The molecule has 2 aromatic rings. The third-order valence-electron chi connectivity index (χ3n) is 2.62. The molecule has 0 fully saturated rings. The topological polar surface area (TPSA) is 70.5 Å². The Morgan fingerprint density at radius 1 is 1.23 bits per heavy atom. The van der Waals surface area contributed by atoms with E-state index in [2.05, 4.69) is 9.97 Å². The van der Waals surface area contributed by atoms with Gasteiger partial charge in [-0.2, -0.15) is 4.98 Å². The van der Waals surface area contributed by atoms with Crippen LogP contribution in [0.1, 0.15) is 5.56 Å². The maximum Gasteiger partial charge on any atom is 0.341 e. The van der Waals surface area contributed by atoms with Gasteiger partial charge in [-0.1, -0.05) is 29.8 Å². The number of carbonyl (C=O) groups excluding carboxylic acids is 1. The molecule has 0 unspecified atom stereocenters. The maximum absolute atomic E-state index is 11.9. The van der Waals surface area contributed by atoms with E-state index in [1.54, 1.807) is 24.3 Å². The van der Waals surface area contributed by atoms with E-state index in [1.165, 1.54) is 32.9 Å². The van der Waals surface area contributed by atoms with Crippen LogP contribution in [-0.4, -0.2) is 30.2 Å². The predicted molar refractivity (Wildman–Crippen MR) is 80.6 cm³/mol. The molecular weight excluding hydrogens is 308 g/mol. The van der Waals surface area contributed by atoms with E-state index in [4.69, 9.17) is 25.8 Å².